The Morgan fingerprint density at radius 2 is 2.54 bits per heavy atom. The van der Waals surface area contributed by atoms with Gasteiger partial charge in [0.2, 0.25) is 0 Å². The number of thioether (sulfide) groups is 1. The number of rotatable bonds is 5. The molecule has 1 atom stereocenters. The van der Waals surface area contributed by atoms with Crippen LogP contribution in [0.4, 0.5) is 0 Å². The van der Waals surface area contributed by atoms with E-state index in [1.165, 1.54) is 5.75 Å². The molecule has 2 nitrogen and oxygen atoms in total. The standard InChI is InChI=1S/C10H16O2S/c1-2-12-10(11)5-3-4-9-6-7-13-8-9/h6-7,9H,2-5,8H2,1H3. The summed E-state index contributed by atoms with van der Waals surface area (Å²) in [5, 5.41) is 2.15. The zero-order chi connectivity index (χ0) is 9.52. The van der Waals surface area contributed by atoms with Gasteiger partial charge in [0.05, 0.1) is 6.61 Å². The number of carbonyl (C=O) groups excluding carboxylic acids is 1. The maximum Gasteiger partial charge on any atom is 0.305 e. The Morgan fingerprint density at radius 3 is 3.15 bits per heavy atom. The van der Waals surface area contributed by atoms with Crippen LogP contribution in [0.25, 0.3) is 0 Å². The number of allylic oxidation sites excluding steroid dienone is 1. The van der Waals surface area contributed by atoms with Crippen molar-refractivity contribution in [1.82, 2.24) is 0 Å². The molecule has 0 saturated heterocycles. The Kier molecular flexibility index (Phi) is 4.98. The molecule has 0 N–H and O–H groups in total. The maximum absolute atomic E-state index is 11.0. The van der Waals surface area contributed by atoms with Crippen molar-refractivity contribution in [3.63, 3.8) is 0 Å². The van der Waals surface area contributed by atoms with Gasteiger partial charge in [-0.25, -0.2) is 0 Å². The number of ether oxygens (including phenoxy) is 1. The van der Waals surface area contributed by atoms with Crippen LogP contribution in [0.2, 0.25) is 0 Å². The molecule has 0 bridgehead atoms. The normalized spacial score (nSPS) is 20.5. The molecule has 0 aromatic carbocycles. The molecule has 74 valence electrons. The van der Waals surface area contributed by atoms with Crippen LogP contribution in [0.15, 0.2) is 11.5 Å². The zero-order valence-electron chi connectivity index (χ0n) is 7.99. The smallest absolute Gasteiger partial charge is 0.305 e. The molecule has 1 aliphatic heterocycles. The van der Waals surface area contributed by atoms with Crippen LogP contribution in [-0.2, 0) is 9.53 Å². The lowest BCUT2D eigenvalue weighted by Crippen LogP contribution is -2.05. The molecule has 0 saturated carbocycles. The van der Waals surface area contributed by atoms with Crippen LogP contribution in [0.1, 0.15) is 26.2 Å². The summed E-state index contributed by atoms with van der Waals surface area (Å²) < 4.78 is 4.84. The zero-order valence-corrected chi connectivity index (χ0v) is 8.81. The van der Waals surface area contributed by atoms with Gasteiger partial charge in [0, 0.05) is 12.2 Å². The molecule has 1 heterocycles. The van der Waals surface area contributed by atoms with E-state index in [1.807, 2.05) is 18.7 Å². The van der Waals surface area contributed by atoms with Crippen LogP contribution in [0.5, 0.6) is 0 Å². The van der Waals surface area contributed by atoms with Crippen molar-refractivity contribution in [2.45, 2.75) is 26.2 Å². The summed E-state index contributed by atoms with van der Waals surface area (Å²) in [6.45, 7) is 2.34. The van der Waals surface area contributed by atoms with Gasteiger partial charge >= 0.3 is 5.97 Å². The number of hydrogen-bond acceptors (Lipinski definition) is 3. The van der Waals surface area contributed by atoms with E-state index < -0.39 is 0 Å². The van der Waals surface area contributed by atoms with Crippen molar-refractivity contribution in [2.24, 2.45) is 5.92 Å². The van der Waals surface area contributed by atoms with E-state index in [2.05, 4.69) is 11.5 Å². The number of hydrogen-bond donors (Lipinski definition) is 0. The SMILES string of the molecule is CCOC(=O)CCCC1C=CSC1. The molecule has 3 heteroatoms. The minimum atomic E-state index is -0.0582. The third-order valence-electron chi connectivity index (χ3n) is 2.02. The quantitative estimate of drug-likeness (QED) is 0.638. The van der Waals surface area contributed by atoms with E-state index >= 15 is 0 Å². The van der Waals surface area contributed by atoms with Gasteiger partial charge in [-0.05, 0) is 31.1 Å². The van der Waals surface area contributed by atoms with Crippen molar-refractivity contribution in [1.29, 1.82) is 0 Å². The summed E-state index contributed by atoms with van der Waals surface area (Å²) in [6, 6.07) is 0. The van der Waals surface area contributed by atoms with Gasteiger partial charge < -0.3 is 4.74 Å². The van der Waals surface area contributed by atoms with Crippen LogP contribution in [0, 0.1) is 5.92 Å². The molecule has 13 heavy (non-hydrogen) atoms. The highest BCUT2D eigenvalue weighted by molar-refractivity contribution is 8.02. The Hall–Kier alpha value is -0.440. The highest BCUT2D eigenvalue weighted by Gasteiger charge is 2.10. The Labute approximate surface area is 83.7 Å². The first kappa shape index (κ1) is 10.6. The van der Waals surface area contributed by atoms with Gasteiger partial charge in [-0.3, -0.25) is 4.79 Å². The fourth-order valence-electron chi connectivity index (χ4n) is 1.32. The monoisotopic (exact) mass is 200 g/mol. The summed E-state index contributed by atoms with van der Waals surface area (Å²) in [4.78, 5) is 11.0. The van der Waals surface area contributed by atoms with Crippen molar-refractivity contribution >= 4 is 17.7 Å². The fourth-order valence-corrected chi connectivity index (χ4v) is 2.29. The molecule has 1 unspecified atom stereocenters. The van der Waals surface area contributed by atoms with E-state index in [-0.39, 0.29) is 5.97 Å². The van der Waals surface area contributed by atoms with Crippen molar-refractivity contribution in [2.75, 3.05) is 12.4 Å². The second-order valence-corrected chi connectivity index (χ2v) is 4.06. The van der Waals surface area contributed by atoms with E-state index in [1.54, 1.807) is 0 Å². The molecule has 0 spiro atoms. The van der Waals surface area contributed by atoms with Gasteiger partial charge in [-0.2, -0.15) is 0 Å². The van der Waals surface area contributed by atoms with E-state index in [0.717, 1.165) is 12.8 Å². The predicted molar refractivity (Wildman–Crippen MR) is 55.6 cm³/mol. The summed E-state index contributed by atoms with van der Waals surface area (Å²) in [7, 11) is 0. The third kappa shape index (κ3) is 4.36. The first-order valence-corrected chi connectivity index (χ1v) is 5.81. The van der Waals surface area contributed by atoms with Crippen LogP contribution < -0.4 is 0 Å². The molecule has 1 aliphatic rings. The van der Waals surface area contributed by atoms with Crippen molar-refractivity contribution in [3.05, 3.63) is 11.5 Å². The molecule has 0 aliphatic carbocycles. The van der Waals surface area contributed by atoms with Gasteiger partial charge in [0.1, 0.15) is 0 Å². The van der Waals surface area contributed by atoms with Crippen LogP contribution in [0.3, 0.4) is 0 Å². The minimum absolute atomic E-state index is 0.0582. The van der Waals surface area contributed by atoms with Gasteiger partial charge in [-0.15, -0.1) is 11.8 Å². The van der Waals surface area contributed by atoms with E-state index in [9.17, 15) is 4.79 Å². The highest BCUT2D eigenvalue weighted by Crippen LogP contribution is 2.24. The Morgan fingerprint density at radius 1 is 1.69 bits per heavy atom. The predicted octanol–water partition coefficient (Wildman–Crippen LogP) is 2.60. The summed E-state index contributed by atoms with van der Waals surface area (Å²) in [5.41, 5.74) is 0. The maximum atomic E-state index is 11.0. The summed E-state index contributed by atoms with van der Waals surface area (Å²) >= 11 is 1.85. The van der Waals surface area contributed by atoms with Crippen LogP contribution in [-0.4, -0.2) is 18.3 Å². The summed E-state index contributed by atoms with van der Waals surface area (Å²) in [5.74, 6) is 1.81. The highest BCUT2D eigenvalue weighted by atomic mass is 32.2. The van der Waals surface area contributed by atoms with Crippen molar-refractivity contribution in [3.8, 4) is 0 Å². The molecule has 0 amide bonds. The molecule has 0 radical (unpaired) electrons. The van der Waals surface area contributed by atoms with E-state index in [4.69, 9.17) is 4.74 Å². The van der Waals surface area contributed by atoms with Gasteiger partial charge in [-0.1, -0.05) is 6.08 Å². The van der Waals surface area contributed by atoms with Gasteiger partial charge in [0.25, 0.3) is 0 Å². The van der Waals surface area contributed by atoms with Crippen LogP contribution >= 0.6 is 11.8 Å². The number of carbonyl (C=O) groups is 1. The first-order chi connectivity index (χ1) is 6.33. The molecule has 0 fully saturated rings. The second-order valence-electron chi connectivity index (χ2n) is 3.12. The minimum Gasteiger partial charge on any atom is -0.466 e. The molecule has 1 rings (SSSR count). The Bertz CT molecular complexity index is 189. The number of esters is 1. The largest absolute Gasteiger partial charge is 0.466 e. The lowest BCUT2D eigenvalue weighted by Gasteiger charge is -2.05. The molecule has 0 aromatic rings. The third-order valence-corrected chi connectivity index (χ3v) is 2.99. The van der Waals surface area contributed by atoms with E-state index in [0.29, 0.717) is 18.9 Å². The molecule has 0 aromatic heterocycles. The lowest BCUT2D eigenvalue weighted by molar-refractivity contribution is -0.143. The first-order valence-electron chi connectivity index (χ1n) is 4.77. The lowest BCUT2D eigenvalue weighted by atomic mass is 10.0. The summed E-state index contributed by atoms with van der Waals surface area (Å²) in [6.07, 6.45) is 4.87. The molecular formula is C10H16O2S. The van der Waals surface area contributed by atoms with Crippen molar-refractivity contribution < 1.29 is 9.53 Å². The average molecular weight is 200 g/mol. The molecular weight excluding hydrogens is 184 g/mol. The average Bonchev–Trinajstić information content (AvgIpc) is 2.57. The Balaban J connectivity index is 2.00. The topological polar surface area (TPSA) is 26.3 Å². The fraction of sp³-hybridized carbons (Fsp3) is 0.700. The van der Waals surface area contributed by atoms with Gasteiger partial charge in [0.15, 0.2) is 0 Å². The second kappa shape index (κ2) is 6.08.